The van der Waals surface area contributed by atoms with E-state index < -0.39 is 53.8 Å². The first kappa shape index (κ1) is 31.5. The minimum absolute atomic E-state index is 0.0255. The Hall–Kier alpha value is -3.52. The predicted molar refractivity (Wildman–Crippen MR) is 142 cm³/mol. The third kappa shape index (κ3) is 11.4. The van der Waals surface area contributed by atoms with E-state index in [2.05, 4.69) is 33.6 Å². The molecule has 0 aliphatic rings. The largest absolute Gasteiger partial charge is 0.508 e. The third-order valence-corrected chi connectivity index (χ3v) is 5.74. The fraction of sp³-hybridized carbons (Fsp3) is 0.522. The molecule has 11 N–H and O–H groups in total. The monoisotopic (exact) mass is 539 g/mol. The van der Waals surface area contributed by atoms with Crippen molar-refractivity contribution in [1.82, 2.24) is 16.0 Å². The number of aromatic hydroxyl groups is 1. The number of carbonyl (C=O) groups is 4. The number of carbonyl (C=O) groups excluding carboxylic acids is 3. The van der Waals surface area contributed by atoms with E-state index in [0.29, 0.717) is 12.0 Å². The molecule has 3 amide bonds. The van der Waals surface area contributed by atoms with Gasteiger partial charge in [-0.2, -0.15) is 12.6 Å². The molecule has 0 bridgehead atoms. The zero-order valence-electron chi connectivity index (χ0n) is 20.9. The van der Waals surface area contributed by atoms with E-state index in [1.165, 1.54) is 12.1 Å². The number of guanidine groups is 1. The van der Waals surface area contributed by atoms with Crippen molar-refractivity contribution in [3.8, 4) is 5.75 Å². The van der Waals surface area contributed by atoms with Gasteiger partial charge in [0, 0.05) is 18.7 Å². The molecular formula is C23H37N7O6S. The molecule has 206 valence electrons. The topological polar surface area (TPSA) is 235 Å². The number of aliphatic carboxylic acids is 1. The molecule has 1 aromatic rings. The quantitative estimate of drug-likeness (QED) is 0.0541. The van der Waals surface area contributed by atoms with Crippen molar-refractivity contribution >= 4 is 42.3 Å². The summed E-state index contributed by atoms with van der Waals surface area (Å²) in [5.74, 6) is -3.65. The van der Waals surface area contributed by atoms with Crippen LogP contribution in [-0.2, 0) is 25.6 Å². The second-order valence-corrected chi connectivity index (χ2v) is 9.16. The lowest BCUT2D eigenvalue weighted by Crippen LogP contribution is -2.58. The molecule has 0 aromatic heterocycles. The van der Waals surface area contributed by atoms with Crippen LogP contribution >= 0.6 is 12.6 Å². The van der Waals surface area contributed by atoms with Gasteiger partial charge in [0.15, 0.2) is 5.96 Å². The minimum Gasteiger partial charge on any atom is -0.508 e. The zero-order valence-corrected chi connectivity index (χ0v) is 21.8. The fourth-order valence-electron chi connectivity index (χ4n) is 3.25. The molecule has 1 aromatic carbocycles. The molecule has 37 heavy (non-hydrogen) atoms. The summed E-state index contributed by atoms with van der Waals surface area (Å²) in [4.78, 5) is 54.1. The van der Waals surface area contributed by atoms with Crippen LogP contribution < -0.4 is 33.2 Å². The number of nitrogens with zero attached hydrogens (tertiary/aromatic N) is 1. The Morgan fingerprint density at radius 3 is 2.08 bits per heavy atom. The molecule has 13 nitrogen and oxygen atoms in total. The number of hydrogen-bond donors (Lipinski definition) is 9. The van der Waals surface area contributed by atoms with Crippen molar-refractivity contribution in [2.45, 2.75) is 57.3 Å². The highest BCUT2D eigenvalue weighted by molar-refractivity contribution is 7.80. The van der Waals surface area contributed by atoms with Crippen LogP contribution in [0.5, 0.6) is 5.75 Å². The minimum atomic E-state index is -1.28. The van der Waals surface area contributed by atoms with Gasteiger partial charge in [0.25, 0.3) is 0 Å². The lowest BCUT2D eigenvalue weighted by molar-refractivity contribution is -0.142. The zero-order chi connectivity index (χ0) is 28.1. The van der Waals surface area contributed by atoms with Crippen LogP contribution in [0.4, 0.5) is 0 Å². The maximum absolute atomic E-state index is 13.1. The molecule has 0 aliphatic heterocycles. The fourth-order valence-corrected chi connectivity index (χ4v) is 3.42. The van der Waals surface area contributed by atoms with Crippen molar-refractivity contribution in [3.05, 3.63) is 29.8 Å². The summed E-state index contributed by atoms with van der Waals surface area (Å²) in [7, 11) is 0. The number of rotatable bonds is 15. The molecule has 0 radical (unpaired) electrons. The van der Waals surface area contributed by atoms with E-state index in [1.54, 1.807) is 26.0 Å². The van der Waals surface area contributed by atoms with Gasteiger partial charge in [-0.25, -0.2) is 4.79 Å². The van der Waals surface area contributed by atoms with Crippen LogP contribution in [0.15, 0.2) is 29.3 Å². The molecule has 0 saturated heterocycles. The second kappa shape index (κ2) is 15.6. The number of hydrogen-bond acceptors (Lipinski definition) is 8. The highest BCUT2D eigenvalue weighted by Crippen LogP contribution is 2.12. The van der Waals surface area contributed by atoms with Crippen LogP contribution in [0.3, 0.4) is 0 Å². The Kier molecular flexibility index (Phi) is 13.3. The van der Waals surface area contributed by atoms with E-state index in [9.17, 15) is 29.4 Å². The number of phenols is 1. The van der Waals surface area contributed by atoms with Gasteiger partial charge < -0.3 is 43.4 Å². The number of carboxylic acid groups (broad SMARTS) is 1. The van der Waals surface area contributed by atoms with Crippen molar-refractivity contribution in [1.29, 1.82) is 0 Å². The van der Waals surface area contributed by atoms with Crippen LogP contribution in [-0.4, -0.2) is 76.3 Å². The van der Waals surface area contributed by atoms with Crippen LogP contribution in [0.2, 0.25) is 0 Å². The summed E-state index contributed by atoms with van der Waals surface area (Å²) in [5.41, 5.74) is 16.9. The van der Waals surface area contributed by atoms with Crippen LogP contribution in [0.25, 0.3) is 0 Å². The van der Waals surface area contributed by atoms with Crippen molar-refractivity contribution in [2.75, 3.05) is 12.3 Å². The predicted octanol–water partition coefficient (Wildman–Crippen LogP) is -1.56. The number of aliphatic imine (C=N–C) groups is 1. The first-order valence-corrected chi connectivity index (χ1v) is 12.3. The maximum atomic E-state index is 13.1. The highest BCUT2D eigenvalue weighted by atomic mass is 32.1. The van der Waals surface area contributed by atoms with E-state index in [4.69, 9.17) is 17.2 Å². The number of nitrogens with two attached hydrogens (primary N) is 3. The number of phenolic OH excluding ortho intramolecular Hbond substituents is 1. The van der Waals surface area contributed by atoms with Crippen molar-refractivity contribution in [2.24, 2.45) is 28.1 Å². The average Bonchev–Trinajstić information content (AvgIpc) is 2.83. The maximum Gasteiger partial charge on any atom is 0.326 e. The van der Waals surface area contributed by atoms with Gasteiger partial charge in [0.2, 0.25) is 17.7 Å². The van der Waals surface area contributed by atoms with Crippen molar-refractivity contribution in [3.63, 3.8) is 0 Å². The third-order valence-electron chi connectivity index (χ3n) is 5.35. The molecule has 0 saturated carbocycles. The van der Waals surface area contributed by atoms with E-state index >= 15 is 0 Å². The lowest BCUT2D eigenvalue weighted by Gasteiger charge is -2.27. The number of carboxylic acids is 1. The molecule has 1 rings (SSSR count). The molecule has 0 aliphatic carbocycles. The Bertz CT molecular complexity index is 953. The number of amides is 3. The normalized spacial score (nSPS) is 14.1. The summed E-state index contributed by atoms with van der Waals surface area (Å²) in [6.45, 7) is 3.58. The molecular weight excluding hydrogens is 502 g/mol. The highest BCUT2D eigenvalue weighted by Gasteiger charge is 2.31. The Balaban J connectivity index is 2.98. The number of benzene rings is 1. The van der Waals surface area contributed by atoms with Crippen LogP contribution in [0, 0.1) is 5.92 Å². The van der Waals surface area contributed by atoms with Gasteiger partial charge in [-0.3, -0.25) is 19.4 Å². The first-order chi connectivity index (χ1) is 17.3. The summed E-state index contributed by atoms with van der Waals surface area (Å²) < 4.78 is 0. The summed E-state index contributed by atoms with van der Waals surface area (Å²) in [5, 5.41) is 26.7. The van der Waals surface area contributed by atoms with E-state index in [1.807, 2.05) is 0 Å². The Morgan fingerprint density at radius 1 is 0.973 bits per heavy atom. The van der Waals surface area contributed by atoms with E-state index in [0.717, 1.165) is 0 Å². The van der Waals surface area contributed by atoms with Gasteiger partial charge in [-0.1, -0.05) is 26.0 Å². The summed E-state index contributed by atoms with van der Waals surface area (Å²) in [6.07, 6.45) is 0.461. The standard InChI is InChI=1S/C23H37N7O6S/c1-12(2)18(21(34)29-17(22(35)36)10-13-5-7-14(31)8-6-13)30-20(33)16(4-3-9-27-23(25)26)28-19(32)15(24)11-37/h5-8,12,15-18,31,37H,3-4,9-11,24H2,1-2H3,(H,28,32)(H,29,34)(H,30,33)(H,35,36)(H4,25,26,27). The molecule has 4 unspecified atom stereocenters. The van der Waals surface area contributed by atoms with Crippen molar-refractivity contribution < 1.29 is 29.4 Å². The SMILES string of the molecule is CC(C)C(NC(=O)C(CCCN=C(N)N)NC(=O)C(N)CS)C(=O)NC(Cc1ccc(O)cc1)C(=O)O. The lowest BCUT2D eigenvalue weighted by atomic mass is 10.00. The Morgan fingerprint density at radius 2 is 1.57 bits per heavy atom. The molecule has 0 fully saturated rings. The van der Waals surface area contributed by atoms with Crippen LogP contribution in [0.1, 0.15) is 32.3 Å². The second-order valence-electron chi connectivity index (χ2n) is 8.80. The molecule has 14 heteroatoms. The van der Waals surface area contributed by atoms with Gasteiger partial charge in [-0.15, -0.1) is 0 Å². The molecule has 0 heterocycles. The first-order valence-electron chi connectivity index (χ1n) is 11.7. The summed E-state index contributed by atoms with van der Waals surface area (Å²) >= 11 is 3.99. The van der Waals surface area contributed by atoms with Gasteiger partial charge in [0.1, 0.15) is 23.9 Å². The van der Waals surface area contributed by atoms with Gasteiger partial charge in [-0.05, 0) is 36.5 Å². The summed E-state index contributed by atoms with van der Waals surface area (Å²) in [6, 6.07) is 1.55. The average molecular weight is 540 g/mol. The van der Waals surface area contributed by atoms with Gasteiger partial charge in [0.05, 0.1) is 6.04 Å². The smallest absolute Gasteiger partial charge is 0.326 e. The number of thiol groups is 1. The number of nitrogens with one attached hydrogen (secondary N) is 3. The van der Waals surface area contributed by atoms with Gasteiger partial charge >= 0.3 is 5.97 Å². The van der Waals surface area contributed by atoms with E-state index in [-0.39, 0.29) is 36.8 Å². The molecule has 0 spiro atoms. The Labute approximate surface area is 221 Å². The molecule has 4 atom stereocenters.